The minimum absolute atomic E-state index is 0.258. The van der Waals surface area contributed by atoms with Crippen molar-refractivity contribution in [2.24, 2.45) is 0 Å². The van der Waals surface area contributed by atoms with Gasteiger partial charge >= 0.3 is 0 Å². The van der Waals surface area contributed by atoms with Gasteiger partial charge in [-0.05, 0) is 31.8 Å². The van der Waals surface area contributed by atoms with Crippen LogP contribution in [0.3, 0.4) is 0 Å². The second-order valence-electron chi connectivity index (χ2n) is 4.54. The molecule has 0 aliphatic heterocycles. The van der Waals surface area contributed by atoms with E-state index in [1.54, 1.807) is 18.3 Å². The number of aliphatic hydroxyl groups is 1. The molecule has 0 spiro atoms. The lowest BCUT2D eigenvalue weighted by atomic mass is 10.2. The first-order chi connectivity index (χ1) is 8.65. The molecular weight excluding hydrogens is 248 g/mol. The zero-order chi connectivity index (χ0) is 13.0. The van der Waals surface area contributed by atoms with Gasteiger partial charge in [0, 0.05) is 19.2 Å². The lowest BCUT2D eigenvalue weighted by Crippen LogP contribution is -2.22. The maximum absolute atomic E-state index is 9.24. The Morgan fingerprint density at radius 3 is 3.06 bits per heavy atom. The van der Waals surface area contributed by atoms with Crippen molar-refractivity contribution in [2.45, 2.75) is 26.0 Å². The van der Waals surface area contributed by atoms with Crippen LogP contribution in [0.25, 0.3) is 10.6 Å². The van der Waals surface area contributed by atoms with Crippen molar-refractivity contribution in [3.8, 4) is 10.6 Å². The Hall–Kier alpha value is -1.17. The Morgan fingerprint density at radius 2 is 2.39 bits per heavy atom. The van der Waals surface area contributed by atoms with Crippen molar-refractivity contribution in [1.29, 1.82) is 0 Å². The summed E-state index contributed by atoms with van der Waals surface area (Å²) in [5, 5.41) is 15.3. The molecule has 0 aliphatic rings. The summed E-state index contributed by atoms with van der Waals surface area (Å²) >= 11 is 1.64. The van der Waals surface area contributed by atoms with E-state index in [2.05, 4.69) is 10.1 Å². The van der Waals surface area contributed by atoms with Crippen molar-refractivity contribution in [1.82, 2.24) is 10.1 Å². The Morgan fingerprint density at radius 1 is 1.56 bits per heavy atom. The summed E-state index contributed by atoms with van der Waals surface area (Å²) < 4.78 is 5.32. The summed E-state index contributed by atoms with van der Waals surface area (Å²) in [5.41, 5.74) is 0.923. The lowest BCUT2D eigenvalue weighted by Gasteiger charge is -2.15. The Kier molecular flexibility index (Phi) is 4.52. The van der Waals surface area contributed by atoms with E-state index in [4.69, 9.17) is 4.52 Å². The van der Waals surface area contributed by atoms with E-state index in [1.807, 2.05) is 30.6 Å². The molecule has 4 nitrogen and oxygen atoms in total. The summed E-state index contributed by atoms with van der Waals surface area (Å²) in [4.78, 5) is 3.23. The van der Waals surface area contributed by atoms with Crippen LogP contribution in [0.4, 0.5) is 0 Å². The van der Waals surface area contributed by atoms with E-state index < -0.39 is 0 Å². The van der Waals surface area contributed by atoms with E-state index in [-0.39, 0.29) is 6.10 Å². The number of nitrogens with zero attached hydrogens (tertiary/aromatic N) is 2. The molecule has 98 valence electrons. The predicted octanol–water partition coefficient (Wildman–Crippen LogP) is 2.61. The lowest BCUT2D eigenvalue weighted by molar-refractivity contribution is 0.162. The van der Waals surface area contributed by atoms with E-state index in [0.717, 1.165) is 35.8 Å². The van der Waals surface area contributed by atoms with Crippen LogP contribution in [0.1, 0.15) is 19.0 Å². The van der Waals surface area contributed by atoms with Gasteiger partial charge < -0.3 is 14.5 Å². The van der Waals surface area contributed by atoms with Crippen molar-refractivity contribution in [2.75, 3.05) is 13.6 Å². The standard InChI is InChI=1S/C13H18N2O2S/c1-10(16)5-6-15(2)9-11-8-12(17-14-11)13-4-3-7-18-13/h3-4,7-8,10,16H,5-6,9H2,1-2H3. The minimum Gasteiger partial charge on any atom is -0.393 e. The van der Waals surface area contributed by atoms with Crippen molar-refractivity contribution in [3.05, 3.63) is 29.3 Å². The van der Waals surface area contributed by atoms with Crippen LogP contribution in [0, 0.1) is 0 Å². The summed E-state index contributed by atoms with van der Waals surface area (Å²) in [6.07, 6.45) is 0.512. The number of thiophene rings is 1. The quantitative estimate of drug-likeness (QED) is 0.873. The monoisotopic (exact) mass is 266 g/mol. The van der Waals surface area contributed by atoms with Gasteiger partial charge in [-0.25, -0.2) is 0 Å². The molecule has 0 radical (unpaired) electrons. The first-order valence-corrected chi connectivity index (χ1v) is 6.89. The van der Waals surface area contributed by atoms with E-state index in [1.165, 1.54) is 0 Å². The molecule has 18 heavy (non-hydrogen) atoms. The van der Waals surface area contributed by atoms with Gasteiger partial charge in [-0.15, -0.1) is 11.3 Å². The number of aromatic nitrogens is 1. The van der Waals surface area contributed by atoms with Gasteiger partial charge in [0.2, 0.25) is 0 Å². The highest BCUT2D eigenvalue weighted by molar-refractivity contribution is 7.13. The normalized spacial score (nSPS) is 13.1. The van der Waals surface area contributed by atoms with Crippen molar-refractivity contribution < 1.29 is 9.63 Å². The predicted molar refractivity (Wildman–Crippen MR) is 72.4 cm³/mol. The van der Waals surface area contributed by atoms with Crippen LogP contribution in [0.5, 0.6) is 0 Å². The summed E-state index contributed by atoms with van der Waals surface area (Å²) in [6.45, 7) is 3.39. The van der Waals surface area contributed by atoms with Crippen LogP contribution in [-0.4, -0.2) is 34.9 Å². The molecule has 0 aromatic carbocycles. The van der Waals surface area contributed by atoms with Gasteiger partial charge in [0.05, 0.1) is 16.7 Å². The van der Waals surface area contributed by atoms with Crippen molar-refractivity contribution in [3.63, 3.8) is 0 Å². The maximum atomic E-state index is 9.24. The molecule has 0 amide bonds. The average Bonchev–Trinajstić information content (AvgIpc) is 2.95. The topological polar surface area (TPSA) is 49.5 Å². The maximum Gasteiger partial charge on any atom is 0.177 e. The number of hydrogen-bond donors (Lipinski definition) is 1. The summed E-state index contributed by atoms with van der Waals surface area (Å²) in [6, 6.07) is 5.99. The molecule has 0 aliphatic carbocycles. The Bertz CT molecular complexity index is 465. The molecule has 2 aromatic heterocycles. The molecule has 0 fully saturated rings. The van der Waals surface area contributed by atoms with E-state index in [9.17, 15) is 5.11 Å². The first-order valence-electron chi connectivity index (χ1n) is 6.01. The summed E-state index contributed by atoms with van der Waals surface area (Å²) in [7, 11) is 2.02. The molecular formula is C13H18N2O2S. The molecule has 0 saturated carbocycles. The molecule has 1 unspecified atom stereocenters. The average molecular weight is 266 g/mol. The second-order valence-corrected chi connectivity index (χ2v) is 5.48. The highest BCUT2D eigenvalue weighted by Crippen LogP contribution is 2.25. The fourth-order valence-electron chi connectivity index (χ4n) is 1.68. The van der Waals surface area contributed by atoms with Crippen LogP contribution >= 0.6 is 11.3 Å². The third-order valence-corrected chi connectivity index (χ3v) is 3.57. The number of aliphatic hydroxyl groups excluding tert-OH is 1. The van der Waals surface area contributed by atoms with Gasteiger partial charge in [-0.2, -0.15) is 0 Å². The van der Waals surface area contributed by atoms with E-state index >= 15 is 0 Å². The third kappa shape index (κ3) is 3.66. The van der Waals surface area contributed by atoms with Gasteiger partial charge in [0.15, 0.2) is 5.76 Å². The molecule has 5 heteroatoms. The zero-order valence-corrected chi connectivity index (χ0v) is 11.5. The molecule has 1 atom stereocenters. The molecule has 0 saturated heterocycles. The van der Waals surface area contributed by atoms with Crippen LogP contribution < -0.4 is 0 Å². The Labute approximate surface area is 111 Å². The highest BCUT2D eigenvalue weighted by Gasteiger charge is 2.09. The Balaban J connectivity index is 1.90. The molecule has 2 heterocycles. The fourth-order valence-corrected chi connectivity index (χ4v) is 2.36. The zero-order valence-electron chi connectivity index (χ0n) is 10.7. The van der Waals surface area contributed by atoms with Crippen LogP contribution in [0.2, 0.25) is 0 Å². The van der Waals surface area contributed by atoms with Crippen LogP contribution in [-0.2, 0) is 6.54 Å². The SMILES string of the molecule is CC(O)CCN(C)Cc1cc(-c2cccs2)on1. The number of hydrogen-bond acceptors (Lipinski definition) is 5. The first kappa shape index (κ1) is 13.3. The van der Waals surface area contributed by atoms with Gasteiger partial charge in [0.1, 0.15) is 0 Å². The minimum atomic E-state index is -0.258. The smallest absolute Gasteiger partial charge is 0.177 e. The largest absolute Gasteiger partial charge is 0.393 e. The van der Waals surface area contributed by atoms with Crippen LogP contribution in [0.15, 0.2) is 28.1 Å². The highest BCUT2D eigenvalue weighted by atomic mass is 32.1. The molecule has 1 N–H and O–H groups in total. The van der Waals surface area contributed by atoms with Gasteiger partial charge in [-0.3, -0.25) is 0 Å². The number of rotatable bonds is 6. The second kappa shape index (κ2) is 6.13. The van der Waals surface area contributed by atoms with Crippen molar-refractivity contribution >= 4 is 11.3 Å². The molecule has 2 aromatic rings. The fraction of sp³-hybridized carbons (Fsp3) is 0.462. The molecule has 0 bridgehead atoms. The van der Waals surface area contributed by atoms with Gasteiger partial charge in [0.25, 0.3) is 0 Å². The molecule has 2 rings (SSSR count). The van der Waals surface area contributed by atoms with Gasteiger partial charge in [-0.1, -0.05) is 11.2 Å². The van der Waals surface area contributed by atoms with E-state index in [0.29, 0.717) is 0 Å². The third-order valence-electron chi connectivity index (χ3n) is 2.68. The summed E-state index contributed by atoms with van der Waals surface area (Å²) in [5.74, 6) is 0.823.